The van der Waals surface area contributed by atoms with Gasteiger partial charge >= 0.3 is 5.97 Å². The molecule has 40 heavy (non-hydrogen) atoms. The van der Waals surface area contributed by atoms with Gasteiger partial charge in [-0.1, -0.05) is 53.3 Å². The van der Waals surface area contributed by atoms with Crippen LogP contribution in [0.3, 0.4) is 0 Å². The number of aryl methyl sites for hydroxylation is 2. The number of aromatic nitrogens is 2. The number of fused-ring (bicyclic) bond motifs is 1. The van der Waals surface area contributed by atoms with Crippen molar-refractivity contribution < 1.29 is 14.3 Å². The lowest BCUT2D eigenvalue weighted by Gasteiger charge is -2.24. The van der Waals surface area contributed by atoms with Crippen LogP contribution < -0.4 is 14.9 Å². The van der Waals surface area contributed by atoms with E-state index in [9.17, 15) is 14.4 Å². The predicted octanol–water partition coefficient (Wildman–Crippen LogP) is 4.72. The molecule has 0 unspecified atom stereocenters. The number of allylic oxidation sites excluding steroid dienone is 1. The minimum atomic E-state index is -0.639. The van der Waals surface area contributed by atoms with Crippen LogP contribution in [0.4, 0.5) is 0 Å². The highest BCUT2D eigenvalue weighted by molar-refractivity contribution is 7.07. The first-order chi connectivity index (χ1) is 19.1. The Morgan fingerprint density at radius 1 is 1.05 bits per heavy atom. The summed E-state index contributed by atoms with van der Waals surface area (Å²) in [4.78, 5) is 44.2. The molecule has 1 atom stereocenters. The van der Waals surface area contributed by atoms with Crippen LogP contribution in [-0.4, -0.2) is 27.5 Å². The predicted molar refractivity (Wildman–Crippen MR) is 157 cm³/mol. The molecule has 3 heterocycles. The summed E-state index contributed by atoms with van der Waals surface area (Å²) in [6.07, 6.45) is 1.88. The quantitative estimate of drug-likeness (QED) is 0.256. The van der Waals surface area contributed by atoms with Gasteiger partial charge in [0.1, 0.15) is 0 Å². The number of rotatable bonds is 6. The summed E-state index contributed by atoms with van der Waals surface area (Å²) in [5.74, 6) is -0.466. The molecule has 0 amide bonds. The molecule has 4 aromatic rings. The first kappa shape index (κ1) is 27.3. The average Bonchev–Trinajstić information content (AvgIpc) is 3.37. The van der Waals surface area contributed by atoms with Crippen LogP contribution >= 0.6 is 11.3 Å². The van der Waals surface area contributed by atoms with Crippen LogP contribution in [0.5, 0.6) is 0 Å². The molecule has 0 saturated carbocycles. The maximum absolute atomic E-state index is 14.0. The molecule has 2 aromatic carbocycles. The molecule has 7 nitrogen and oxygen atoms in total. The largest absolute Gasteiger partial charge is 0.463 e. The summed E-state index contributed by atoms with van der Waals surface area (Å²) in [5, 5.41) is 0. The molecule has 1 aliphatic rings. The fourth-order valence-electron chi connectivity index (χ4n) is 5.19. The van der Waals surface area contributed by atoms with Gasteiger partial charge < -0.3 is 9.30 Å². The lowest BCUT2D eigenvalue weighted by molar-refractivity contribution is -0.139. The van der Waals surface area contributed by atoms with Gasteiger partial charge in [0.25, 0.3) is 5.56 Å². The second-order valence-corrected chi connectivity index (χ2v) is 11.0. The van der Waals surface area contributed by atoms with Gasteiger partial charge in [-0.2, -0.15) is 0 Å². The van der Waals surface area contributed by atoms with Crippen molar-refractivity contribution >= 4 is 29.2 Å². The fourth-order valence-corrected chi connectivity index (χ4v) is 6.23. The maximum atomic E-state index is 14.0. The average molecular weight is 554 g/mol. The van der Waals surface area contributed by atoms with Gasteiger partial charge in [-0.25, -0.2) is 9.79 Å². The number of thiazole rings is 1. The Labute approximate surface area is 236 Å². The number of hydrogen-bond acceptors (Lipinski definition) is 6. The van der Waals surface area contributed by atoms with Crippen LogP contribution in [0, 0.1) is 20.8 Å². The summed E-state index contributed by atoms with van der Waals surface area (Å²) < 4.78 is 9.58. The normalized spacial score (nSPS) is 15.2. The van der Waals surface area contributed by atoms with E-state index >= 15 is 0 Å². The van der Waals surface area contributed by atoms with Crippen molar-refractivity contribution in [1.82, 2.24) is 9.13 Å². The van der Waals surface area contributed by atoms with Crippen molar-refractivity contribution in [3.8, 4) is 5.69 Å². The van der Waals surface area contributed by atoms with Crippen LogP contribution in [0.25, 0.3) is 11.8 Å². The molecular formula is C32H31N3O4S. The molecular weight excluding hydrogens is 522 g/mol. The molecule has 0 fully saturated rings. The molecule has 0 aliphatic carbocycles. The van der Waals surface area contributed by atoms with Gasteiger partial charge in [0.05, 0.1) is 28.5 Å². The third kappa shape index (κ3) is 4.79. The first-order valence-electron chi connectivity index (χ1n) is 13.2. The van der Waals surface area contributed by atoms with E-state index in [0.29, 0.717) is 26.2 Å². The minimum absolute atomic E-state index is 0.00579. The Balaban J connectivity index is 1.68. The number of carbonyl (C=O) groups is 2. The Kier molecular flexibility index (Phi) is 7.29. The van der Waals surface area contributed by atoms with Gasteiger partial charge in [-0.3, -0.25) is 14.2 Å². The van der Waals surface area contributed by atoms with Crippen molar-refractivity contribution in [2.24, 2.45) is 4.99 Å². The summed E-state index contributed by atoms with van der Waals surface area (Å²) >= 11 is 1.30. The van der Waals surface area contributed by atoms with Crippen LogP contribution in [-0.2, 0) is 9.53 Å². The third-order valence-electron chi connectivity index (χ3n) is 7.18. The lowest BCUT2D eigenvalue weighted by atomic mass is 9.95. The monoisotopic (exact) mass is 553 g/mol. The summed E-state index contributed by atoms with van der Waals surface area (Å²) in [6.45, 7) is 11.3. The molecule has 0 radical (unpaired) electrons. The zero-order chi connectivity index (χ0) is 28.7. The molecule has 0 bridgehead atoms. The zero-order valence-electron chi connectivity index (χ0n) is 23.4. The van der Waals surface area contributed by atoms with E-state index in [2.05, 4.69) is 9.56 Å². The lowest BCUT2D eigenvalue weighted by Crippen LogP contribution is -2.39. The Hall–Kier alpha value is -4.30. The van der Waals surface area contributed by atoms with Gasteiger partial charge in [-0.05, 0) is 76.9 Å². The number of Topliss-reactive ketones (excluding diaryl/α,β-unsaturated/α-hetero) is 1. The Morgan fingerprint density at radius 3 is 2.45 bits per heavy atom. The number of nitrogens with zero attached hydrogens (tertiary/aromatic N) is 3. The topological polar surface area (TPSA) is 82.7 Å². The summed E-state index contributed by atoms with van der Waals surface area (Å²) in [7, 11) is 0. The molecule has 1 aliphatic heterocycles. The van der Waals surface area contributed by atoms with Crippen molar-refractivity contribution in [3.05, 3.63) is 119 Å². The maximum Gasteiger partial charge on any atom is 0.338 e. The number of ketones is 1. The first-order valence-corrected chi connectivity index (χ1v) is 14.0. The highest BCUT2D eigenvalue weighted by atomic mass is 32.1. The number of esters is 1. The van der Waals surface area contributed by atoms with Gasteiger partial charge in [0, 0.05) is 22.6 Å². The van der Waals surface area contributed by atoms with Gasteiger partial charge in [-0.15, -0.1) is 0 Å². The number of hydrogen-bond donors (Lipinski definition) is 0. The van der Waals surface area contributed by atoms with E-state index in [4.69, 9.17) is 4.74 Å². The Morgan fingerprint density at radius 2 is 1.77 bits per heavy atom. The summed E-state index contributed by atoms with van der Waals surface area (Å²) in [5.41, 5.74) is 6.95. The fraction of sp³-hybridized carbons (Fsp3) is 0.250. The zero-order valence-corrected chi connectivity index (χ0v) is 24.3. The van der Waals surface area contributed by atoms with Crippen molar-refractivity contribution in [3.63, 3.8) is 0 Å². The molecule has 0 spiro atoms. The number of benzene rings is 2. The van der Waals surface area contributed by atoms with E-state index in [1.807, 2.05) is 75.4 Å². The molecule has 2 aromatic heterocycles. The second-order valence-electron chi connectivity index (χ2n) is 9.98. The summed E-state index contributed by atoms with van der Waals surface area (Å²) in [6, 6.07) is 16.7. The standard InChI is InChI=1S/C32H31N3O4S/c1-7-39-31(38)28-20(4)33-32-35(29(28)23-13-11-18(2)12-14-23)30(37)27(40-32)17-25-15-19(3)34(21(25)5)26-10-8-9-24(16-26)22(6)36/h8-17,29H,7H2,1-6H3/b27-17+/t29-/m1/s1. The molecule has 0 N–H and O–H groups in total. The number of ether oxygens (including phenoxy) is 1. The van der Waals surface area contributed by atoms with E-state index < -0.39 is 12.0 Å². The van der Waals surface area contributed by atoms with E-state index in [1.165, 1.54) is 11.3 Å². The molecule has 5 rings (SSSR count). The van der Waals surface area contributed by atoms with Gasteiger partial charge in [0.15, 0.2) is 10.6 Å². The van der Waals surface area contributed by atoms with Crippen molar-refractivity contribution in [2.75, 3.05) is 6.61 Å². The molecule has 204 valence electrons. The highest BCUT2D eigenvalue weighted by Crippen LogP contribution is 2.31. The Bertz CT molecular complexity index is 1870. The number of carbonyl (C=O) groups excluding carboxylic acids is 2. The SMILES string of the molecule is CCOC(=O)C1=C(C)N=c2s/c(=C/c3cc(C)n(-c4cccc(C(C)=O)c4)c3C)c(=O)n2[C@@H]1c1ccc(C)cc1. The molecule has 0 saturated heterocycles. The van der Waals surface area contributed by atoms with Crippen molar-refractivity contribution in [2.45, 2.75) is 47.6 Å². The molecule has 8 heteroatoms. The second kappa shape index (κ2) is 10.7. The minimum Gasteiger partial charge on any atom is -0.463 e. The van der Waals surface area contributed by atoms with E-state index in [1.54, 1.807) is 31.4 Å². The van der Waals surface area contributed by atoms with Crippen LogP contribution in [0.1, 0.15) is 65.2 Å². The van der Waals surface area contributed by atoms with E-state index in [0.717, 1.165) is 33.8 Å². The van der Waals surface area contributed by atoms with E-state index in [-0.39, 0.29) is 17.9 Å². The van der Waals surface area contributed by atoms with Crippen LogP contribution in [0.15, 0.2) is 75.7 Å². The highest BCUT2D eigenvalue weighted by Gasteiger charge is 2.33. The third-order valence-corrected chi connectivity index (χ3v) is 8.16. The van der Waals surface area contributed by atoms with Gasteiger partial charge in [0.2, 0.25) is 0 Å². The van der Waals surface area contributed by atoms with Crippen molar-refractivity contribution in [1.29, 1.82) is 0 Å². The smallest absolute Gasteiger partial charge is 0.338 e. The van der Waals surface area contributed by atoms with Crippen LogP contribution in [0.2, 0.25) is 0 Å².